The first-order valence-corrected chi connectivity index (χ1v) is 6.56. The van der Waals surface area contributed by atoms with Gasteiger partial charge < -0.3 is 10.2 Å². The van der Waals surface area contributed by atoms with Gasteiger partial charge in [0.05, 0.1) is 11.6 Å². The summed E-state index contributed by atoms with van der Waals surface area (Å²) in [7, 11) is 0. The van der Waals surface area contributed by atoms with Crippen molar-refractivity contribution < 1.29 is 9.59 Å². The van der Waals surface area contributed by atoms with Crippen LogP contribution in [0.3, 0.4) is 0 Å². The maximum absolute atomic E-state index is 12.2. The number of amides is 2. The van der Waals surface area contributed by atoms with Crippen LogP contribution < -0.4 is 5.32 Å². The van der Waals surface area contributed by atoms with E-state index < -0.39 is 0 Å². The molecule has 0 atom stereocenters. The highest BCUT2D eigenvalue weighted by atomic mass is 16.2. The maximum atomic E-state index is 12.2. The van der Waals surface area contributed by atoms with Crippen molar-refractivity contribution in [2.75, 3.05) is 13.1 Å². The molecule has 2 amide bonds. The number of nitriles is 1. The number of hydrogen-bond acceptors (Lipinski definition) is 4. The van der Waals surface area contributed by atoms with E-state index in [4.69, 9.17) is 5.26 Å². The Balaban J connectivity index is 1.84. The van der Waals surface area contributed by atoms with Gasteiger partial charge in [0.25, 0.3) is 5.91 Å². The molecule has 20 heavy (non-hydrogen) atoms. The number of aromatic nitrogens is 1. The largest absolute Gasteiger partial charge is 0.352 e. The summed E-state index contributed by atoms with van der Waals surface area (Å²) in [5.74, 6) is -0.274. The first-order valence-electron chi connectivity index (χ1n) is 6.56. The fourth-order valence-electron chi connectivity index (χ4n) is 2.25. The van der Waals surface area contributed by atoms with Crippen LogP contribution in [0.2, 0.25) is 0 Å². The normalized spacial score (nSPS) is 15.4. The van der Waals surface area contributed by atoms with Gasteiger partial charge in [0.2, 0.25) is 5.91 Å². The topological polar surface area (TPSA) is 86.1 Å². The SMILES string of the molecule is N#CCC(=O)NC1CCN(C(=O)c2cccnc2)CC1. The van der Waals surface area contributed by atoms with Gasteiger partial charge >= 0.3 is 0 Å². The molecule has 2 heterocycles. The van der Waals surface area contributed by atoms with Gasteiger partial charge in [-0.25, -0.2) is 0 Å². The molecule has 1 saturated heterocycles. The molecule has 6 nitrogen and oxygen atoms in total. The van der Waals surface area contributed by atoms with Crippen molar-refractivity contribution in [1.29, 1.82) is 5.26 Å². The number of pyridine rings is 1. The summed E-state index contributed by atoms with van der Waals surface area (Å²) < 4.78 is 0. The third-order valence-corrected chi connectivity index (χ3v) is 3.30. The molecule has 0 spiro atoms. The second kappa shape index (κ2) is 6.66. The summed E-state index contributed by atoms with van der Waals surface area (Å²) in [4.78, 5) is 29.2. The monoisotopic (exact) mass is 272 g/mol. The van der Waals surface area contributed by atoms with E-state index >= 15 is 0 Å². The van der Waals surface area contributed by atoms with Crippen LogP contribution in [0.1, 0.15) is 29.6 Å². The van der Waals surface area contributed by atoms with Crippen molar-refractivity contribution in [3.8, 4) is 6.07 Å². The highest BCUT2D eigenvalue weighted by Gasteiger charge is 2.24. The van der Waals surface area contributed by atoms with E-state index in [-0.39, 0.29) is 24.3 Å². The zero-order chi connectivity index (χ0) is 14.4. The molecule has 1 aliphatic heterocycles. The third kappa shape index (κ3) is 3.54. The number of carbonyl (C=O) groups excluding carboxylic acids is 2. The number of rotatable bonds is 3. The average molecular weight is 272 g/mol. The van der Waals surface area contributed by atoms with Crippen molar-refractivity contribution in [1.82, 2.24) is 15.2 Å². The molecule has 1 aromatic rings. The van der Waals surface area contributed by atoms with Crippen molar-refractivity contribution >= 4 is 11.8 Å². The zero-order valence-electron chi connectivity index (χ0n) is 11.1. The van der Waals surface area contributed by atoms with Crippen molar-refractivity contribution in [3.63, 3.8) is 0 Å². The van der Waals surface area contributed by atoms with Crippen molar-refractivity contribution in [3.05, 3.63) is 30.1 Å². The van der Waals surface area contributed by atoms with E-state index in [1.165, 1.54) is 0 Å². The second-order valence-electron chi connectivity index (χ2n) is 4.71. The second-order valence-corrected chi connectivity index (χ2v) is 4.71. The Labute approximate surface area is 117 Å². The van der Waals surface area contributed by atoms with E-state index in [1.54, 1.807) is 29.4 Å². The minimum absolute atomic E-state index is 0.0279. The highest BCUT2D eigenvalue weighted by molar-refractivity contribution is 5.93. The lowest BCUT2D eigenvalue weighted by molar-refractivity contribution is -0.121. The van der Waals surface area contributed by atoms with E-state index in [1.807, 2.05) is 6.07 Å². The van der Waals surface area contributed by atoms with Crippen LogP contribution in [0.25, 0.3) is 0 Å². The zero-order valence-corrected chi connectivity index (χ0v) is 11.1. The number of piperidine rings is 1. The predicted molar refractivity (Wildman–Crippen MR) is 71.5 cm³/mol. The van der Waals surface area contributed by atoms with Gasteiger partial charge in [0.15, 0.2) is 0 Å². The highest BCUT2D eigenvalue weighted by Crippen LogP contribution is 2.13. The summed E-state index contributed by atoms with van der Waals surface area (Å²) in [6.07, 6.45) is 4.50. The Kier molecular flexibility index (Phi) is 4.66. The van der Waals surface area contributed by atoms with E-state index in [2.05, 4.69) is 10.3 Å². The molecular weight excluding hydrogens is 256 g/mol. The number of likely N-dealkylation sites (tertiary alicyclic amines) is 1. The van der Waals surface area contributed by atoms with Crippen LogP contribution >= 0.6 is 0 Å². The first-order chi connectivity index (χ1) is 9.70. The molecule has 1 aliphatic rings. The first kappa shape index (κ1) is 14.0. The summed E-state index contributed by atoms with van der Waals surface area (Å²) in [5, 5.41) is 11.2. The van der Waals surface area contributed by atoms with Crippen LogP contribution in [0.15, 0.2) is 24.5 Å². The van der Waals surface area contributed by atoms with Gasteiger partial charge in [-0.1, -0.05) is 0 Å². The summed E-state index contributed by atoms with van der Waals surface area (Å²) in [6.45, 7) is 1.20. The van der Waals surface area contributed by atoms with Crippen LogP contribution in [-0.4, -0.2) is 40.8 Å². The average Bonchev–Trinajstić information content (AvgIpc) is 2.48. The minimum Gasteiger partial charge on any atom is -0.352 e. The van der Waals surface area contributed by atoms with Gasteiger partial charge in [-0.15, -0.1) is 0 Å². The van der Waals surface area contributed by atoms with Crippen molar-refractivity contribution in [2.45, 2.75) is 25.3 Å². The third-order valence-electron chi connectivity index (χ3n) is 3.30. The predicted octanol–water partition coefficient (Wildman–Crippen LogP) is 0.716. The summed E-state index contributed by atoms with van der Waals surface area (Å²) in [6, 6.07) is 5.36. The Morgan fingerprint density at radius 1 is 1.45 bits per heavy atom. The van der Waals surface area contributed by atoms with Gasteiger partial charge in [-0.05, 0) is 25.0 Å². The van der Waals surface area contributed by atoms with E-state index in [0.717, 1.165) is 0 Å². The quantitative estimate of drug-likeness (QED) is 0.878. The fraction of sp³-hybridized carbons (Fsp3) is 0.429. The van der Waals surface area contributed by atoms with Crippen LogP contribution in [0, 0.1) is 11.3 Å². The minimum atomic E-state index is -0.246. The van der Waals surface area contributed by atoms with Crippen molar-refractivity contribution in [2.24, 2.45) is 0 Å². The van der Waals surface area contributed by atoms with E-state index in [0.29, 0.717) is 31.5 Å². The lowest BCUT2D eigenvalue weighted by Crippen LogP contribution is -2.46. The van der Waals surface area contributed by atoms with Gasteiger partial charge in [-0.2, -0.15) is 5.26 Å². The lowest BCUT2D eigenvalue weighted by Gasteiger charge is -2.32. The number of nitrogens with zero attached hydrogens (tertiary/aromatic N) is 3. The van der Waals surface area contributed by atoms with Gasteiger partial charge in [0.1, 0.15) is 6.42 Å². The standard InChI is InChI=1S/C14H16N4O2/c15-6-3-13(19)17-12-4-8-18(9-5-12)14(20)11-2-1-7-16-10-11/h1-2,7,10,12H,3-5,8-9H2,(H,17,19). The molecule has 0 bridgehead atoms. The molecule has 104 valence electrons. The smallest absolute Gasteiger partial charge is 0.255 e. The number of hydrogen-bond donors (Lipinski definition) is 1. The molecule has 6 heteroatoms. The fourth-order valence-corrected chi connectivity index (χ4v) is 2.25. The van der Waals surface area contributed by atoms with Gasteiger partial charge in [0, 0.05) is 31.5 Å². The molecule has 0 aliphatic carbocycles. The van der Waals surface area contributed by atoms with Crippen LogP contribution in [0.5, 0.6) is 0 Å². The Morgan fingerprint density at radius 2 is 2.20 bits per heavy atom. The molecule has 0 radical (unpaired) electrons. The number of carbonyl (C=O) groups is 2. The van der Waals surface area contributed by atoms with E-state index in [9.17, 15) is 9.59 Å². The molecule has 0 aromatic carbocycles. The Morgan fingerprint density at radius 3 is 2.80 bits per heavy atom. The van der Waals surface area contributed by atoms with Crippen LogP contribution in [-0.2, 0) is 4.79 Å². The van der Waals surface area contributed by atoms with Gasteiger partial charge in [-0.3, -0.25) is 14.6 Å². The Bertz CT molecular complexity index is 516. The Hall–Kier alpha value is -2.42. The number of nitrogens with one attached hydrogen (secondary N) is 1. The summed E-state index contributed by atoms with van der Waals surface area (Å²) in [5.41, 5.74) is 0.583. The van der Waals surface area contributed by atoms with Crippen LogP contribution in [0.4, 0.5) is 0 Å². The molecule has 1 N–H and O–H groups in total. The lowest BCUT2D eigenvalue weighted by atomic mass is 10.0. The maximum Gasteiger partial charge on any atom is 0.255 e. The molecular formula is C14H16N4O2. The molecule has 0 unspecified atom stereocenters. The molecule has 0 saturated carbocycles. The summed E-state index contributed by atoms with van der Waals surface area (Å²) >= 11 is 0. The molecule has 1 aromatic heterocycles. The molecule has 2 rings (SSSR count). The molecule has 1 fully saturated rings.